The lowest BCUT2D eigenvalue weighted by atomic mass is 10.1. The molecule has 3 heterocycles. The van der Waals surface area contributed by atoms with Crippen LogP contribution in [0.3, 0.4) is 0 Å². The van der Waals surface area contributed by atoms with Crippen LogP contribution in [0.15, 0.2) is 17.8 Å². The van der Waals surface area contributed by atoms with Gasteiger partial charge < -0.3 is 10.2 Å². The van der Waals surface area contributed by atoms with Gasteiger partial charge in [-0.2, -0.15) is 0 Å². The van der Waals surface area contributed by atoms with E-state index in [9.17, 15) is 4.79 Å². The summed E-state index contributed by atoms with van der Waals surface area (Å²) in [6.45, 7) is 5.15. The van der Waals surface area contributed by atoms with E-state index in [1.54, 1.807) is 11.3 Å². The second-order valence-electron chi connectivity index (χ2n) is 6.41. The van der Waals surface area contributed by atoms with E-state index in [0.717, 1.165) is 30.3 Å². The van der Waals surface area contributed by atoms with Gasteiger partial charge in [0.2, 0.25) is 5.91 Å². The van der Waals surface area contributed by atoms with E-state index in [1.165, 1.54) is 32.1 Å². The molecule has 3 rings (SSSR count). The molecular formula is C17H26N4OS. The number of carbonyl (C=O) groups excluding carboxylic acids is 1. The van der Waals surface area contributed by atoms with Crippen molar-refractivity contribution < 1.29 is 4.79 Å². The molecule has 1 aliphatic rings. The summed E-state index contributed by atoms with van der Waals surface area (Å²) in [5, 5.41) is 5.09. The quantitative estimate of drug-likeness (QED) is 0.913. The summed E-state index contributed by atoms with van der Waals surface area (Å²) < 4.78 is 2.00. The Morgan fingerprint density at radius 3 is 2.78 bits per heavy atom. The summed E-state index contributed by atoms with van der Waals surface area (Å²) in [5.41, 5.74) is 0.927. The van der Waals surface area contributed by atoms with Gasteiger partial charge in [0.1, 0.15) is 0 Å². The second kappa shape index (κ2) is 7.93. The molecule has 2 aromatic rings. The normalized spacial score (nSPS) is 18.5. The predicted octanol–water partition coefficient (Wildman–Crippen LogP) is 3.23. The molecule has 23 heavy (non-hydrogen) atoms. The summed E-state index contributed by atoms with van der Waals surface area (Å²) in [6, 6.07) is -0.0399. The lowest BCUT2D eigenvalue weighted by Gasteiger charge is -2.24. The smallest absolute Gasteiger partial charge is 0.221 e. The Hall–Kier alpha value is -1.40. The van der Waals surface area contributed by atoms with Gasteiger partial charge in [-0.15, -0.1) is 11.3 Å². The van der Waals surface area contributed by atoms with Crippen LogP contribution in [-0.2, 0) is 4.79 Å². The molecule has 6 heteroatoms. The van der Waals surface area contributed by atoms with Crippen LogP contribution in [0.4, 0.5) is 0 Å². The standard InChI is InChI=1S/C17H26N4OS/c1-14(15-13-21-11-12-23-17(21)19-15)18-16(22)7-10-20-8-5-3-2-4-6-9-20/h11-14H,2-10H2,1H3,(H,18,22). The maximum atomic E-state index is 12.2. The molecule has 0 aromatic carbocycles. The van der Waals surface area contributed by atoms with Crippen LogP contribution in [0.25, 0.3) is 4.96 Å². The van der Waals surface area contributed by atoms with Crippen LogP contribution < -0.4 is 5.32 Å². The Morgan fingerprint density at radius 2 is 2.04 bits per heavy atom. The highest BCUT2D eigenvalue weighted by Crippen LogP contribution is 2.17. The number of fused-ring (bicyclic) bond motifs is 1. The van der Waals surface area contributed by atoms with Crippen LogP contribution in [0.5, 0.6) is 0 Å². The fraction of sp³-hybridized carbons (Fsp3) is 0.647. The molecule has 2 aromatic heterocycles. The number of amides is 1. The SMILES string of the molecule is CC(NC(=O)CCN1CCCCCCC1)c1cn2ccsc2n1. The van der Waals surface area contributed by atoms with Crippen molar-refractivity contribution in [1.29, 1.82) is 0 Å². The molecule has 0 radical (unpaired) electrons. The molecule has 1 atom stereocenters. The number of likely N-dealkylation sites (tertiary alicyclic amines) is 1. The first-order valence-electron chi connectivity index (χ1n) is 8.66. The third-order valence-corrected chi connectivity index (χ3v) is 5.31. The van der Waals surface area contributed by atoms with Crippen molar-refractivity contribution in [3.05, 3.63) is 23.5 Å². The molecule has 1 amide bonds. The molecule has 1 N–H and O–H groups in total. The highest BCUT2D eigenvalue weighted by molar-refractivity contribution is 7.15. The van der Waals surface area contributed by atoms with Crippen LogP contribution in [0.1, 0.15) is 57.2 Å². The molecular weight excluding hydrogens is 308 g/mol. The molecule has 5 nitrogen and oxygen atoms in total. The van der Waals surface area contributed by atoms with E-state index in [0.29, 0.717) is 6.42 Å². The molecule has 0 spiro atoms. The van der Waals surface area contributed by atoms with Gasteiger partial charge in [0.05, 0.1) is 11.7 Å². The average molecular weight is 334 g/mol. The summed E-state index contributed by atoms with van der Waals surface area (Å²) >= 11 is 1.61. The average Bonchev–Trinajstić information content (AvgIpc) is 3.07. The molecule has 1 saturated heterocycles. The van der Waals surface area contributed by atoms with Gasteiger partial charge in [-0.3, -0.25) is 9.20 Å². The number of rotatable bonds is 5. The van der Waals surface area contributed by atoms with E-state index in [2.05, 4.69) is 15.2 Å². The monoisotopic (exact) mass is 334 g/mol. The first kappa shape index (κ1) is 16.5. The molecule has 0 saturated carbocycles. The van der Waals surface area contributed by atoms with Gasteiger partial charge in [-0.05, 0) is 32.9 Å². The number of aromatic nitrogens is 2. The molecule has 1 fully saturated rings. The van der Waals surface area contributed by atoms with Crippen molar-refractivity contribution in [3.63, 3.8) is 0 Å². The topological polar surface area (TPSA) is 49.6 Å². The highest BCUT2D eigenvalue weighted by Gasteiger charge is 2.15. The summed E-state index contributed by atoms with van der Waals surface area (Å²) in [7, 11) is 0. The number of carbonyl (C=O) groups is 1. The molecule has 0 aliphatic carbocycles. The number of nitrogens with one attached hydrogen (secondary N) is 1. The third kappa shape index (κ3) is 4.54. The van der Waals surface area contributed by atoms with Crippen molar-refractivity contribution in [2.24, 2.45) is 0 Å². The van der Waals surface area contributed by atoms with Gasteiger partial charge in [-0.25, -0.2) is 4.98 Å². The number of hydrogen-bond acceptors (Lipinski definition) is 4. The van der Waals surface area contributed by atoms with Gasteiger partial charge in [-0.1, -0.05) is 19.3 Å². The van der Waals surface area contributed by atoms with E-state index >= 15 is 0 Å². The zero-order valence-electron chi connectivity index (χ0n) is 13.8. The predicted molar refractivity (Wildman–Crippen MR) is 93.8 cm³/mol. The van der Waals surface area contributed by atoms with Crippen molar-refractivity contribution in [2.45, 2.75) is 51.5 Å². The minimum Gasteiger partial charge on any atom is -0.348 e. The molecule has 1 unspecified atom stereocenters. The number of nitrogens with zero attached hydrogens (tertiary/aromatic N) is 3. The van der Waals surface area contributed by atoms with E-state index in [-0.39, 0.29) is 11.9 Å². The van der Waals surface area contributed by atoms with Crippen LogP contribution in [0.2, 0.25) is 0 Å². The van der Waals surface area contributed by atoms with E-state index in [1.807, 2.05) is 29.1 Å². The Bertz CT molecular complexity index is 599. The van der Waals surface area contributed by atoms with Crippen molar-refractivity contribution in [2.75, 3.05) is 19.6 Å². The second-order valence-corrected chi connectivity index (χ2v) is 7.28. The summed E-state index contributed by atoms with van der Waals surface area (Å²) in [4.78, 5) is 20.2. The first-order chi connectivity index (χ1) is 11.2. The van der Waals surface area contributed by atoms with Crippen LogP contribution in [-0.4, -0.2) is 39.8 Å². The minimum atomic E-state index is -0.0399. The van der Waals surface area contributed by atoms with Gasteiger partial charge in [0, 0.05) is 30.7 Å². The largest absolute Gasteiger partial charge is 0.348 e. The van der Waals surface area contributed by atoms with Gasteiger partial charge in [0.15, 0.2) is 4.96 Å². The van der Waals surface area contributed by atoms with E-state index in [4.69, 9.17) is 0 Å². The lowest BCUT2D eigenvalue weighted by molar-refractivity contribution is -0.122. The third-order valence-electron chi connectivity index (χ3n) is 4.54. The Balaban J connectivity index is 1.45. The van der Waals surface area contributed by atoms with Crippen LogP contribution in [0, 0.1) is 0 Å². The van der Waals surface area contributed by atoms with E-state index < -0.39 is 0 Å². The zero-order valence-corrected chi connectivity index (χ0v) is 14.6. The maximum absolute atomic E-state index is 12.2. The Labute approximate surface area is 141 Å². The number of hydrogen-bond donors (Lipinski definition) is 1. The zero-order chi connectivity index (χ0) is 16.1. The fourth-order valence-electron chi connectivity index (χ4n) is 3.14. The number of imidazole rings is 1. The maximum Gasteiger partial charge on any atom is 0.221 e. The molecule has 1 aliphatic heterocycles. The van der Waals surface area contributed by atoms with Crippen molar-refractivity contribution >= 4 is 22.2 Å². The molecule has 0 bridgehead atoms. The van der Waals surface area contributed by atoms with Crippen molar-refractivity contribution in [3.8, 4) is 0 Å². The Morgan fingerprint density at radius 1 is 1.30 bits per heavy atom. The summed E-state index contributed by atoms with van der Waals surface area (Å²) in [6.07, 6.45) is 11.1. The first-order valence-corrected chi connectivity index (χ1v) is 9.54. The van der Waals surface area contributed by atoms with Gasteiger partial charge >= 0.3 is 0 Å². The molecule has 126 valence electrons. The van der Waals surface area contributed by atoms with Crippen molar-refractivity contribution in [1.82, 2.24) is 19.6 Å². The van der Waals surface area contributed by atoms with Crippen LogP contribution >= 0.6 is 11.3 Å². The number of thiazole rings is 1. The Kier molecular flexibility index (Phi) is 5.67. The fourth-order valence-corrected chi connectivity index (χ4v) is 3.85. The minimum absolute atomic E-state index is 0.0399. The van der Waals surface area contributed by atoms with Gasteiger partial charge in [0.25, 0.3) is 0 Å². The lowest BCUT2D eigenvalue weighted by Crippen LogP contribution is -2.33. The summed E-state index contributed by atoms with van der Waals surface area (Å²) in [5.74, 6) is 0.121. The highest BCUT2D eigenvalue weighted by atomic mass is 32.1.